The van der Waals surface area contributed by atoms with Crippen LogP contribution in [-0.2, 0) is 0 Å². The summed E-state index contributed by atoms with van der Waals surface area (Å²) in [7, 11) is 4.06. The van der Waals surface area contributed by atoms with Gasteiger partial charge in [0.05, 0.1) is 16.8 Å². The predicted octanol–water partition coefficient (Wildman–Crippen LogP) is 4.07. The Bertz CT molecular complexity index is 1560. The Morgan fingerprint density at radius 2 is 1.81 bits per heavy atom. The third kappa shape index (κ3) is 3.89. The number of phenols is 1. The van der Waals surface area contributed by atoms with Gasteiger partial charge in [-0.1, -0.05) is 35.9 Å². The first kappa shape index (κ1) is 23.7. The molecule has 3 heterocycles. The van der Waals surface area contributed by atoms with Crippen LogP contribution >= 0.6 is 11.6 Å². The van der Waals surface area contributed by atoms with Crippen molar-refractivity contribution in [1.29, 1.82) is 5.41 Å². The van der Waals surface area contributed by atoms with Crippen LogP contribution in [0.25, 0.3) is 32.8 Å². The molecule has 190 valence electrons. The molecule has 10 heteroatoms. The first-order valence-corrected chi connectivity index (χ1v) is 12.5. The minimum Gasteiger partial charge on any atom is -0.508 e. The van der Waals surface area contributed by atoms with E-state index in [1.165, 1.54) is 6.07 Å². The van der Waals surface area contributed by atoms with Crippen LogP contribution in [0.1, 0.15) is 0 Å². The Labute approximate surface area is 218 Å². The average molecular weight is 520 g/mol. The van der Waals surface area contributed by atoms with Crippen molar-refractivity contribution in [2.24, 2.45) is 11.7 Å². The molecule has 6 rings (SSSR count). The summed E-state index contributed by atoms with van der Waals surface area (Å²) in [5, 5.41) is 20.4. The number of likely N-dealkylation sites (N-methyl/N-ethyl adjacent to an activating group) is 1. The number of nitrogens with one attached hydrogen (secondary N) is 1. The number of rotatable bonds is 5. The van der Waals surface area contributed by atoms with Crippen molar-refractivity contribution in [3.05, 3.63) is 53.3 Å². The third-order valence-electron chi connectivity index (χ3n) is 7.46. The van der Waals surface area contributed by atoms with E-state index < -0.39 is 5.82 Å². The number of amidine groups is 1. The second-order valence-electron chi connectivity index (χ2n) is 10.1. The van der Waals surface area contributed by atoms with Gasteiger partial charge in [0.25, 0.3) is 0 Å². The zero-order chi connectivity index (χ0) is 26.0. The molecule has 4 aromatic rings. The molecule has 1 aromatic heterocycles. The number of benzene rings is 3. The van der Waals surface area contributed by atoms with Gasteiger partial charge < -0.3 is 25.5 Å². The van der Waals surface area contributed by atoms with Gasteiger partial charge in [-0.3, -0.25) is 5.41 Å². The minimum atomic E-state index is -0.559. The number of hydrogen-bond donors (Lipinski definition) is 3. The molecule has 4 N–H and O–H groups in total. The molecule has 3 aromatic carbocycles. The molecule has 2 aliphatic rings. The molecule has 0 spiro atoms. The van der Waals surface area contributed by atoms with Gasteiger partial charge in [-0.2, -0.15) is 4.98 Å². The number of hydrogen-bond acceptors (Lipinski definition) is 7. The van der Waals surface area contributed by atoms with Gasteiger partial charge >= 0.3 is 0 Å². The molecule has 8 nitrogen and oxygen atoms in total. The number of nitrogens with two attached hydrogens (primary N) is 1. The summed E-state index contributed by atoms with van der Waals surface area (Å²) in [5.41, 5.74) is 6.57. The van der Waals surface area contributed by atoms with Crippen molar-refractivity contribution in [1.82, 2.24) is 14.9 Å². The first-order chi connectivity index (χ1) is 17.7. The van der Waals surface area contributed by atoms with Crippen LogP contribution in [0.4, 0.5) is 16.2 Å². The highest BCUT2D eigenvalue weighted by Crippen LogP contribution is 2.43. The maximum atomic E-state index is 16.5. The fraction of sp³-hybridized carbons (Fsp3) is 0.296. The minimum absolute atomic E-state index is 0.0273. The third-order valence-corrected chi connectivity index (χ3v) is 7.76. The van der Waals surface area contributed by atoms with Gasteiger partial charge in [0.2, 0.25) is 5.95 Å². The second kappa shape index (κ2) is 8.71. The topological polar surface area (TPSA) is 106 Å². The lowest BCUT2D eigenvalue weighted by molar-refractivity contribution is 0.245. The highest BCUT2D eigenvalue weighted by Gasteiger charge is 2.35. The Kier molecular flexibility index (Phi) is 5.58. The van der Waals surface area contributed by atoms with Gasteiger partial charge in [-0.25, -0.2) is 9.37 Å². The van der Waals surface area contributed by atoms with E-state index in [2.05, 4.69) is 9.88 Å². The van der Waals surface area contributed by atoms with E-state index in [0.29, 0.717) is 41.8 Å². The standard InChI is InChI=1S/C27H27ClFN7O/c1-34(2)16-12-36(13-16)27-32-24-20(26(33-27)35-10-15(11-35)25(30)31)9-21(28)22(23(24)29)19-8-17(37)7-14-5-3-4-6-18(14)19/h3-9,15-16,37H,10-13H2,1-2H3,(H3,30,31). The summed E-state index contributed by atoms with van der Waals surface area (Å²) >= 11 is 6.74. The Morgan fingerprint density at radius 1 is 1.08 bits per heavy atom. The van der Waals surface area contributed by atoms with Crippen LogP contribution in [-0.4, -0.2) is 72.1 Å². The van der Waals surface area contributed by atoms with Crippen LogP contribution < -0.4 is 15.5 Å². The highest BCUT2D eigenvalue weighted by molar-refractivity contribution is 6.35. The molecule has 0 saturated carbocycles. The Hall–Kier alpha value is -3.69. The summed E-state index contributed by atoms with van der Waals surface area (Å²) in [5.74, 6) is 0.581. The number of anilines is 2. The summed E-state index contributed by atoms with van der Waals surface area (Å²) in [6.45, 7) is 2.54. The van der Waals surface area contributed by atoms with E-state index in [4.69, 9.17) is 27.7 Å². The van der Waals surface area contributed by atoms with E-state index in [-0.39, 0.29) is 33.6 Å². The molecule has 0 atom stereocenters. The van der Waals surface area contributed by atoms with Gasteiger partial charge in [0, 0.05) is 43.2 Å². The SMILES string of the molecule is CN(C)C1CN(c2nc(N3CC(C(=N)N)C3)c3cc(Cl)c(-c4cc(O)cc5ccccc45)c(F)c3n2)C1. The zero-order valence-electron chi connectivity index (χ0n) is 20.5. The molecule has 0 radical (unpaired) electrons. The smallest absolute Gasteiger partial charge is 0.228 e. The largest absolute Gasteiger partial charge is 0.508 e. The lowest BCUT2D eigenvalue weighted by atomic mass is 9.95. The van der Waals surface area contributed by atoms with E-state index >= 15 is 4.39 Å². The lowest BCUT2D eigenvalue weighted by Gasteiger charge is -2.44. The van der Waals surface area contributed by atoms with Crippen molar-refractivity contribution in [3.63, 3.8) is 0 Å². The van der Waals surface area contributed by atoms with Crippen molar-refractivity contribution in [3.8, 4) is 16.9 Å². The van der Waals surface area contributed by atoms with Crippen LogP contribution in [0.3, 0.4) is 0 Å². The molecule has 2 fully saturated rings. The predicted molar refractivity (Wildman–Crippen MR) is 146 cm³/mol. The van der Waals surface area contributed by atoms with Crippen molar-refractivity contribution < 1.29 is 9.50 Å². The van der Waals surface area contributed by atoms with Crippen LogP contribution in [0, 0.1) is 17.1 Å². The van der Waals surface area contributed by atoms with Crippen LogP contribution in [0.5, 0.6) is 5.75 Å². The number of aromatic hydroxyl groups is 1. The summed E-state index contributed by atoms with van der Waals surface area (Å²) in [4.78, 5) is 15.7. The maximum Gasteiger partial charge on any atom is 0.228 e. The number of nitrogens with zero attached hydrogens (tertiary/aromatic N) is 5. The molecule has 0 unspecified atom stereocenters. The van der Waals surface area contributed by atoms with E-state index in [1.807, 2.05) is 48.2 Å². The van der Waals surface area contributed by atoms with Gasteiger partial charge in [-0.05, 0) is 48.6 Å². The number of halogens is 2. The van der Waals surface area contributed by atoms with Crippen molar-refractivity contribution in [2.75, 3.05) is 50.1 Å². The molecular weight excluding hydrogens is 493 g/mol. The fourth-order valence-corrected chi connectivity index (χ4v) is 5.39. The zero-order valence-corrected chi connectivity index (χ0v) is 21.3. The summed E-state index contributed by atoms with van der Waals surface area (Å²) in [6, 6.07) is 12.7. The highest BCUT2D eigenvalue weighted by atomic mass is 35.5. The molecule has 0 aliphatic carbocycles. The molecular formula is C27H27ClFN7O. The lowest BCUT2D eigenvalue weighted by Crippen LogP contribution is -2.58. The second-order valence-corrected chi connectivity index (χ2v) is 10.5. The Morgan fingerprint density at radius 3 is 2.51 bits per heavy atom. The van der Waals surface area contributed by atoms with Crippen molar-refractivity contribution in [2.45, 2.75) is 6.04 Å². The fourth-order valence-electron chi connectivity index (χ4n) is 5.09. The molecule has 2 saturated heterocycles. The first-order valence-electron chi connectivity index (χ1n) is 12.1. The number of aromatic nitrogens is 2. The normalized spacial score (nSPS) is 16.5. The quantitative estimate of drug-likeness (QED) is 0.269. The van der Waals surface area contributed by atoms with E-state index in [0.717, 1.165) is 23.9 Å². The van der Waals surface area contributed by atoms with Gasteiger partial charge in [0.15, 0.2) is 5.82 Å². The molecule has 0 bridgehead atoms. The average Bonchev–Trinajstić information content (AvgIpc) is 2.77. The molecule has 2 aliphatic heterocycles. The monoisotopic (exact) mass is 519 g/mol. The van der Waals surface area contributed by atoms with E-state index in [9.17, 15) is 5.11 Å². The molecule has 37 heavy (non-hydrogen) atoms. The van der Waals surface area contributed by atoms with E-state index in [1.54, 1.807) is 12.1 Å². The summed E-state index contributed by atoms with van der Waals surface area (Å²) in [6.07, 6.45) is 0. The molecule has 0 amide bonds. The van der Waals surface area contributed by atoms with Crippen molar-refractivity contribution >= 4 is 50.9 Å². The van der Waals surface area contributed by atoms with Crippen LogP contribution in [0.15, 0.2) is 42.5 Å². The van der Waals surface area contributed by atoms with Crippen LogP contribution in [0.2, 0.25) is 5.02 Å². The maximum absolute atomic E-state index is 16.5. The Balaban J connectivity index is 1.54. The number of fused-ring (bicyclic) bond motifs is 2. The summed E-state index contributed by atoms with van der Waals surface area (Å²) < 4.78 is 16.5. The van der Waals surface area contributed by atoms with Gasteiger partial charge in [-0.15, -0.1) is 0 Å². The number of phenolic OH excluding ortho intramolecular Hbond substituents is 1. The van der Waals surface area contributed by atoms with Gasteiger partial charge in [0.1, 0.15) is 17.1 Å².